The molecule has 1 aliphatic rings. The molecule has 1 N–H and O–H groups in total. The van der Waals surface area contributed by atoms with Gasteiger partial charge in [0, 0.05) is 25.4 Å². The van der Waals surface area contributed by atoms with E-state index in [2.05, 4.69) is 9.97 Å². The first-order chi connectivity index (χ1) is 12.2. The second-order valence-electron chi connectivity index (χ2n) is 6.54. The summed E-state index contributed by atoms with van der Waals surface area (Å²) in [5.41, 5.74) is 1.32. The normalized spacial score (nSPS) is 20.7. The number of amides is 1. The number of hydrogen-bond acceptors (Lipinski definition) is 3. The molecule has 2 aromatic heterocycles. The van der Waals surface area contributed by atoms with Crippen LogP contribution in [-0.4, -0.2) is 37.0 Å². The summed E-state index contributed by atoms with van der Waals surface area (Å²) in [7, 11) is 0. The highest BCUT2D eigenvalue weighted by molar-refractivity contribution is 5.67. The zero-order valence-electron chi connectivity index (χ0n) is 13.9. The summed E-state index contributed by atoms with van der Waals surface area (Å²) < 4.78 is 1.97. The molecule has 1 aliphatic heterocycles. The van der Waals surface area contributed by atoms with Crippen LogP contribution in [0.15, 0.2) is 55.1 Å². The van der Waals surface area contributed by atoms with Crippen molar-refractivity contribution in [3.8, 4) is 0 Å². The SMILES string of the molecule is O=C(O)N1CCCCC1(Cc1ccccc1)c1ncc2cnccn12. The highest BCUT2D eigenvalue weighted by Gasteiger charge is 2.46. The molecular formula is C19H20N4O2. The van der Waals surface area contributed by atoms with Crippen LogP contribution in [0.1, 0.15) is 30.7 Å². The Bertz CT molecular complexity index is 893. The van der Waals surface area contributed by atoms with Gasteiger partial charge < -0.3 is 5.11 Å². The summed E-state index contributed by atoms with van der Waals surface area (Å²) >= 11 is 0. The number of aromatic nitrogens is 3. The molecule has 3 aromatic rings. The molecule has 0 aliphatic carbocycles. The van der Waals surface area contributed by atoms with Crippen molar-refractivity contribution in [2.45, 2.75) is 31.2 Å². The summed E-state index contributed by atoms with van der Waals surface area (Å²) in [6, 6.07) is 10.1. The Hall–Kier alpha value is -2.89. The fourth-order valence-electron chi connectivity index (χ4n) is 3.94. The Morgan fingerprint density at radius 2 is 2.04 bits per heavy atom. The van der Waals surface area contributed by atoms with Gasteiger partial charge in [0.15, 0.2) is 0 Å². The minimum Gasteiger partial charge on any atom is -0.465 e. The maximum Gasteiger partial charge on any atom is 0.408 e. The van der Waals surface area contributed by atoms with E-state index in [9.17, 15) is 9.90 Å². The minimum atomic E-state index is -0.888. The molecule has 3 heterocycles. The zero-order valence-corrected chi connectivity index (χ0v) is 13.9. The lowest BCUT2D eigenvalue weighted by Crippen LogP contribution is -2.54. The topological polar surface area (TPSA) is 70.7 Å². The summed E-state index contributed by atoms with van der Waals surface area (Å²) in [5.74, 6) is 0.774. The van der Waals surface area contributed by atoms with E-state index in [1.54, 1.807) is 23.5 Å². The van der Waals surface area contributed by atoms with Gasteiger partial charge in [0.2, 0.25) is 0 Å². The van der Waals surface area contributed by atoms with Crippen LogP contribution in [0.2, 0.25) is 0 Å². The number of rotatable bonds is 3. The largest absolute Gasteiger partial charge is 0.465 e. The second-order valence-corrected chi connectivity index (χ2v) is 6.54. The molecule has 6 heteroatoms. The molecule has 1 unspecified atom stereocenters. The predicted molar refractivity (Wildman–Crippen MR) is 93.4 cm³/mol. The second kappa shape index (κ2) is 6.20. The van der Waals surface area contributed by atoms with Crippen LogP contribution >= 0.6 is 0 Å². The molecule has 0 radical (unpaired) electrons. The van der Waals surface area contributed by atoms with E-state index in [4.69, 9.17) is 0 Å². The molecule has 1 saturated heterocycles. The van der Waals surface area contributed by atoms with Crippen molar-refractivity contribution in [3.05, 3.63) is 66.5 Å². The molecule has 1 amide bonds. The first-order valence-electron chi connectivity index (χ1n) is 8.53. The number of hydrogen-bond donors (Lipinski definition) is 1. The molecule has 0 spiro atoms. The maximum atomic E-state index is 12.1. The quantitative estimate of drug-likeness (QED) is 0.796. The van der Waals surface area contributed by atoms with E-state index >= 15 is 0 Å². The lowest BCUT2D eigenvalue weighted by atomic mass is 9.80. The van der Waals surface area contributed by atoms with Crippen molar-refractivity contribution in [3.63, 3.8) is 0 Å². The lowest BCUT2D eigenvalue weighted by molar-refractivity contribution is 0.0384. The van der Waals surface area contributed by atoms with Crippen LogP contribution in [0.4, 0.5) is 4.79 Å². The van der Waals surface area contributed by atoms with E-state index < -0.39 is 11.6 Å². The fraction of sp³-hybridized carbons (Fsp3) is 0.316. The molecule has 1 aromatic carbocycles. The van der Waals surface area contributed by atoms with Gasteiger partial charge in [0.05, 0.1) is 17.9 Å². The Kier molecular flexibility index (Phi) is 3.87. The third-order valence-corrected chi connectivity index (χ3v) is 5.06. The summed E-state index contributed by atoms with van der Waals surface area (Å²) in [6.45, 7) is 0.530. The fourth-order valence-corrected chi connectivity index (χ4v) is 3.94. The first kappa shape index (κ1) is 15.6. The number of fused-ring (bicyclic) bond motifs is 1. The number of imidazole rings is 1. The maximum absolute atomic E-state index is 12.1. The van der Waals surface area contributed by atoms with Gasteiger partial charge >= 0.3 is 6.09 Å². The number of carboxylic acid groups (broad SMARTS) is 1. The number of nitrogens with zero attached hydrogens (tertiary/aromatic N) is 4. The number of likely N-dealkylation sites (tertiary alicyclic amines) is 1. The van der Waals surface area contributed by atoms with Gasteiger partial charge in [-0.2, -0.15) is 0 Å². The van der Waals surface area contributed by atoms with Crippen LogP contribution in [0.5, 0.6) is 0 Å². The number of piperidine rings is 1. The highest BCUT2D eigenvalue weighted by Crippen LogP contribution is 2.40. The lowest BCUT2D eigenvalue weighted by Gasteiger charge is -2.45. The van der Waals surface area contributed by atoms with E-state index in [0.29, 0.717) is 13.0 Å². The average Bonchev–Trinajstić information content (AvgIpc) is 3.07. The molecule has 25 heavy (non-hydrogen) atoms. The molecule has 1 atom stereocenters. The van der Waals surface area contributed by atoms with Gasteiger partial charge in [-0.15, -0.1) is 0 Å². The third kappa shape index (κ3) is 2.63. The van der Waals surface area contributed by atoms with Crippen molar-refractivity contribution >= 4 is 11.6 Å². The van der Waals surface area contributed by atoms with E-state index in [1.165, 1.54) is 0 Å². The molecule has 1 fully saturated rings. The number of benzene rings is 1. The molecule has 0 saturated carbocycles. The van der Waals surface area contributed by atoms with Gasteiger partial charge in [-0.25, -0.2) is 9.78 Å². The third-order valence-electron chi connectivity index (χ3n) is 5.06. The van der Waals surface area contributed by atoms with Gasteiger partial charge in [-0.3, -0.25) is 14.3 Å². The number of carbonyl (C=O) groups is 1. The summed E-state index contributed by atoms with van der Waals surface area (Å²) in [4.78, 5) is 22.4. The minimum absolute atomic E-state index is 0.530. The molecule has 4 rings (SSSR count). The molecule has 128 valence electrons. The highest BCUT2D eigenvalue weighted by atomic mass is 16.4. The smallest absolute Gasteiger partial charge is 0.408 e. The van der Waals surface area contributed by atoms with E-state index in [-0.39, 0.29) is 0 Å². The van der Waals surface area contributed by atoms with Crippen LogP contribution in [0, 0.1) is 0 Å². The van der Waals surface area contributed by atoms with Crippen molar-refractivity contribution in [2.75, 3.05) is 6.54 Å². The summed E-state index contributed by atoms with van der Waals surface area (Å²) in [6.07, 6.45) is 9.44. The van der Waals surface area contributed by atoms with Crippen molar-refractivity contribution in [1.29, 1.82) is 0 Å². The Balaban J connectivity index is 1.90. The Morgan fingerprint density at radius 1 is 1.20 bits per heavy atom. The zero-order chi connectivity index (χ0) is 17.3. The van der Waals surface area contributed by atoms with Crippen LogP contribution in [0.3, 0.4) is 0 Å². The van der Waals surface area contributed by atoms with E-state index in [1.807, 2.05) is 40.9 Å². The van der Waals surface area contributed by atoms with Gasteiger partial charge in [-0.05, 0) is 24.8 Å². The average molecular weight is 336 g/mol. The van der Waals surface area contributed by atoms with Crippen LogP contribution < -0.4 is 0 Å². The Morgan fingerprint density at radius 3 is 2.84 bits per heavy atom. The van der Waals surface area contributed by atoms with E-state index in [0.717, 1.165) is 36.2 Å². The predicted octanol–water partition coefficient (Wildman–Crippen LogP) is 3.33. The van der Waals surface area contributed by atoms with Gasteiger partial charge in [0.25, 0.3) is 0 Å². The standard InChI is InChI=1S/C19H20N4O2/c24-18(25)23-10-5-4-8-19(23,12-15-6-2-1-3-7-15)17-21-14-16-13-20-9-11-22(16)17/h1-3,6-7,9,11,13-14H,4-5,8,10,12H2,(H,24,25). The van der Waals surface area contributed by atoms with Crippen molar-refractivity contribution in [1.82, 2.24) is 19.3 Å². The Labute approximate surface area is 145 Å². The van der Waals surface area contributed by atoms with Crippen molar-refractivity contribution in [2.24, 2.45) is 0 Å². The first-order valence-corrected chi connectivity index (χ1v) is 8.53. The summed E-state index contributed by atoms with van der Waals surface area (Å²) in [5, 5.41) is 9.90. The van der Waals surface area contributed by atoms with Gasteiger partial charge in [-0.1, -0.05) is 30.3 Å². The van der Waals surface area contributed by atoms with Crippen LogP contribution in [0.25, 0.3) is 5.52 Å². The molecular weight excluding hydrogens is 316 g/mol. The van der Waals surface area contributed by atoms with Crippen molar-refractivity contribution < 1.29 is 9.90 Å². The monoisotopic (exact) mass is 336 g/mol. The van der Waals surface area contributed by atoms with Crippen LogP contribution in [-0.2, 0) is 12.0 Å². The van der Waals surface area contributed by atoms with Gasteiger partial charge in [0.1, 0.15) is 11.4 Å². The molecule has 0 bridgehead atoms. The molecule has 6 nitrogen and oxygen atoms in total.